The molecule has 7 nitrogen and oxygen atoms in total. The molecule has 0 saturated carbocycles. The molecule has 1 aromatic carbocycles. The van der Waals surface area contributed by atoms with E-state index in [0.717, 1.165) is 6.07 Å². The van der Waals surface area contributed by atoms with Gasteiger partial charge >= 0.3 is 0 Å². The number of anilines is 1. The number of oxime groups is 1. The highest BCUT2D eigenvalue weighted by Crippen LogP contribution is 2.12. The number of aromatic nitrogens is 2. The lowest BCUT2D eigenvalue weighted by Crippen LogP contribution is -2.18. The van der Waals surface area contributed by atoms with Crippen molar-refractivity contribution >= 4 is 17.6 Å². The van der Waals surface area contributed by atoms with Crippen molar-refractivity contribution in [2.45, 2.75) is 0 Å². The predicted octanol–water partition coefficient (Wildman–Crippen LogP) is 0.896. The van der Waals surface area contributed by atoms with E-state index >= 15 is 0 Å². The summed E-state index contributed by atoms with van der Waals surface area (Å²) in [5, 5.41) is 20.0. The second-order valence-electron chi connectivity index (χ2n) is 3.61. The van der Waals surface area contributed by atoms with Crippen molar-refractivity contribution in [1.82, 2.24) is 10.2 Å². The Hall–Kier alpha value is -2.90. The highest BCUT2D eigenvalue weighted by Gasteiger charge is 2.13. The Kier molecular flexibility index (Phi) is 3.42. The summed E-state index contributed by atoms with van der Waals surface area (Å²) in [4.78, 5) is 11.9. The first-order valence-electron chi connectivity index (χ1n) is 5.20. The van der Waals surface area contributed by atoms with Crippen LogP contribution in [0.3, 0.4) is 0 Å². The SMILES string of the molecule is NC(=NO)c1cn[nH]c1NC(=O)c1cccc(F)c1. The molecule has 0 aliphatic carbocycles. The number of nitrogens with zero attached hydrogens (tertiary/aromatic N) is 2. The van der Waals surface area contributed by atoms with E-state index in [9.17, 15) is 9.18 Å². The van der Waals surface area contributed by atoms with Gasteiger partial charge in [0.1, 0.15) is 11.6 Å². The molecule has 1 amide bonds. The van der Waals surface area contributed by atoms with Crippen molar-refractivity contribution in [2.75, 3.05) is 5.32 Å². The standard InChI is InChI=1S/C11H10FN5O2/c12-7-3-1-2-6(4-7)11(18)15-10-8(5-14-16-10)9(13)17-19/h1-5,19H,(H2,13,17)(H2,14,15,16,18). The topological polar surface area (TPSA) is 116 Å². The average Bonchev–Trinajstić information content (AvgIpc) is 2.86. The van der Waals surface area contributed by atoms with E-state index in [0.29, 0.717) is 0 Å². The van der Waals surface area contributed by atoms with Crippen molar-refractivity contribution in [3.05, 3.63) is 47.4 Å². The maximum absolute atomic E-state index is 13.0. The van der Waals surface area contributed by atoms with Gasteiger partial charge < -0.3 is 16.3 Å². The second-order valence-corrected chi connectivity index (χ2v) is 3.61. The van der Waals surface area contributed by atoms with Crippen molar-refractivity contribution < 1.29 is 14.4 Å². The summed E-state index contributed by atoms with van der Waals surface area (Å²) in [6.07, 6.45) is 1.29. The van der Waals surface area contributed by atoms with Crippen LogP contribution >= 0.6 is 0 Å². The van der Waals surface area contributed by atoms with Crippen molar-refractivity contribution in [1.29, 1.82) is 0 Å². The number of aromatic amines is 1. The van der Waals surface area contributed by atoms with Gasteiger partial charge in [0.2, 0.25) is 0 Å². The molecule has 1 aromatic heterocycles. The van der Waals surface area contributed by atoms with Gasteiger partial charge in [-0.05, 0) is 18.2 Å². The third-order valence-corrected chi connectivity index (χ3v) is 2.35. The molecule has 2 rings (SSSR count). The van der Waals surface area contributed by atoms with Crippen molar-refractivity contribution in [3.8, 4) is 0 Å². The molecule has 0 saturated heterocycles. The fourth-order valence-corrected chi connectivity index (χ4v) is 1.44. The lowest BCUT2D eigenvalue weighted by molar-refractivity contribution is 0.102. The molecule has 98 valence electrons. The van der Waals surface area contributed by atoms with Gasteiger partial charge in [-0.25, -0.2) is 4.39 Å². The van der Waals surface area contributed by atoms with Gasteiger partial charge in [0, 0.05) is 5.56 Å². The third kappa shape index (κ3) is 2.68. The molecule has 0 spiro atoms. The fraction of sp³-hybridized carbons (Fsp3) is 0. The molecule has 0 aliphatic rings. The second kappa shape index (κ2) is 5.17. The highest BCUT2D eigenvalue weighted by molar-refractivity contribution is 6.08. The Bertz CT molecular complexity index is 638. The van der Waals surface area contributed by atoms with Crippen LogP contribution in [0.4, 0.5) is 10.2 Å². The van der Waals surface area contributed by atoms with Gasteiger partial charge in [0.25, 0.3) is 5.91 Å². The van der Waals surface area contributed by atoms with Crippen LogP contribution in [0, 0.1) is 5.82 Å². The molecular weight excluding hydrogens is 253 g/mol. The number of carbonyl (C=O) groups is 1. The minimum atomic E-state index is -0.546. The Labute approximate surface area is 106 Å². The molecule has 1 heterocycles. The van der Waals surface area contributed by atoms with Gasteiger partial charge in [-0.15, -0.1) is 0 Å². The van der Waals surface area contributed by atoms with Crippen LogP contribution in [0.1, 0.15) is 15.9 Å². The number of amidine groups is 1. The van der Waals surface area contributed by atoms with E-state index in [1.807, 2.05) is 0 Å². The quantitative estimate of drug-likeness (QED) is 0.285. The maximum Gasteiger partial charge on any atom is 0.256 e. The Morgan fingerprint density at radius 2 is 2.32 bits per heavy atom. The molecule has 5 N–H and O–H groups in total. The van der Waals surface area contributed by atoms with Gasteiger partial charge in [0.05, 0.1) is 11.8 Å². The van der Waals surface area contributed by atoms with Gasteiger partial charge in [0.15, 0.2) is 5.84 Å². The smallest absolute Gasteiger partial charge is 0.256 e. The first-order valence-corrected chi connectivity index (χ1v) is 5.20. The van der Waals surface area contributed by atoms with Crippen LogP contribution in [0.25, 0.3) is 0 Å². The summed E-state index contributed by atoms with van der Waals surface area (Å²) in [6.45, 7) is 0. The highest BCUT2D eigenvalue weighted by atomic mass is 19.1. The van der Waals surface area contributed by atoms with Gasteiger partial charge in [-0.2, -0.15) is 5.10 Å². The van der Waals surface area contributed by atoms with E-state index < -0.39 is 11.7 Å². The zero-order chi connectivity index (χ0) is 13.8. The predicted molar refractivity (Wildman–Crippen MR) is 65.5 cm³/mol. The summed E-state index contributed by atoms with van der Waals surface area (Å²) in [5.41, 5.74) is 5.77. The van der Waals surface area contributed by atoms with Gasteiger partial charge in [-0.3, -0.25) is 9.89 Å². The van der Waals surface area contributed by atoms with Crippen molar-refractivity contribution in [2.24, 2.45) is 10.9 Å². The number of halogens is 1. The average molecular weight is 263 g/mol. The van der Waals surface area contributed by atoms with Crippen molar-refractivity contribution in [3.63, 3.8) is 0 Å². The lowest BCUT2D eigenvalue weighted by atomic mass is 10.2. The first-order chi connectivity index (χ1) is 9.11. The Balaban J connectivity index is 2.23. The van der Waals surface area contributed by atoms with E-state index in [1.165, 1.54) is 24.4 Å². The number of hydrogen-bond donors (Lipinski definition) is 4. The molecule has 0 unspecified atom stereocenters. The molecule has 0 fully saturated rings. The minimum absolute atomic E-state index is 0.139. The number of amides is 1. The van der Waals surface area contributed by atoms with E-state index in [-0.39, 0.29) is 22.8 Å². The number of carbonyl (C=O) groups excluding carboxylic acids is 1. The number of H-pyrrole nitrogens is 1. The number of benzene rings is 1. The van der Waals surface area contributed by atoms with E-state index in [4.69, 9.17) is 10.9 Å². The normalized spacial score (nSPS) is 11.3. The number of hydrogen-bond acceptors (Lipinski definition) is 4. The minimum Gasteiger partial charge on any atom is -0.409 e. The van der Waals surface area contributed by atoms with E-state index in [2.05, 4.69) is 20.7 Å². The van der Waals surface area contributed by atoms with Crippen LogP contribution in [0.5, 0.6) is 0 Å². The van der Waals surface area contributed by atoms with Crippen LogP contribution in [-0.4, -0.2) is 27.1 Å². The van der Waals surface area contributed by atoms with Crippen LogP contribution < -0.4 is 11.1 Å². The maximum atomic E-state index is 13.0. The van der Waals surface area contributed by atoms with Crippen LogP contribution in [-0.2, 0) is 0 Å². The zero-order valence-electron chi connectivity index (χ0n) is 9.59. The van der Waals surface area contributed by atoms with Crippen LogP contribution in [0.2, 0.25) is 0 Å². The van der Waals surface area contributed by atoms with Crippen LogP contribution in [0.15, 0.2) is 35.6 Å². The number of nitrogens with one attached hydrogen (secondary N) is 2. The Morgan fingerprint density at radius 1 is 1.53 bits per heavy atom. The van der Waals surface area contributed by atoms with Gasteiger partial charge in [-0.1, -0.05) is 11.2 Å². The zero-order valence-corrected chi connectivity index (χ0v) is 9.59. The first kappa shape index (κ1) is 12.6. The van der Waals surface area contributed by atoms with E-state index in [1.54, 1.807) is 0 Å². The summed E-state index contributed by atoms with van der Waals surface area (Å²) in [6, 6.07) is 5.20. The lowest BCUT2D eigenvalue weighted by Gasteiger charge is -2.05. The third-order valence-electron chi connectivity index (χ3n) is 2.35. The largest absolute Gasteiger partial charge is 0.409 e. The Morgan fingerprint density at radius 3 is 3.00 bits per heavy atom. The number of rotatable bonds is 3. The fourth-order valence-electron chi connectivity index (χ4n) is 1.44. The molecule has 0 aliphatic heterocycles. The molecule has 19 heavy (non-hydrogen) atoms. The molecular formula is C11H10FN5O2. The monoisotopic (exact) mass is 263 g/mol. The summed E-state index contributed by atoms with van der Waals surface area (Å²) >= 11 is 0. The molecule has 0 bridgehead atoms. The molecule has 8 heteroatoms. The summed E-state index contributed by atoms with van der Waals surface area (Å²) < 4.78 is 13.0. The molecule has 0 radical (unpaired) electrons. The summed E-state index contributed by atoms with van der Waals surface area (Å²) in [5.74, 6) is -1.11. The molecule has 0 atom stereocenters. The summed E-state index contributed by atoms with van der Waals surface area (Å²) in [7, 11) is 0. The number of nitrogens with two attached hydrogens (primary N) is 1. The molecule has 2 aromatic rings.